The SMILES string of the molecule is CC1(NS(=O)(=O)c2ccc(-c3ccccc3)cc2)CC1. The van der Waals surface area contributed by atoms with E-state index in [0.717, 1.165) is 24.0 Å². The molecule has 0 spiro atoms. The Morgan fingerprint density at radius 1 is 0.900 bits per heavy atom. The quantitative estimate of drug-likeness (QED) is 0.938. The largest absolute Gasteiger partial charge is 0.241 e. The molecule has 3 rings (SSSR count). The predicted octanol–water partition coefficient (Wildman–Crippen LogP) is 3.18. The van der Waals surface area contributed by atoms with Crippen molar-refractivity contribution in [2.45, 2.75) is 30.2 Å². The van der Waals surface area contributed by atoms with Gasteiger partial charge in [-0.3, -0.25) is 0 Å². The molecule has 0 amide bonds. The van der Waals surface area contributed by atoms with Crippen LogP contribution in [-0.2, 0) is 10.0 Å². The van der Waals surface area contributed by atoms with Crippen molar-refractivity contribution in [3.05, 3.63) is 54.6 Å². The third kappa shape index (κ3) is 2.76. The minimum absolute atomic E-state index is 0.239. The Bertz CT molecular complexity index is 702. The molecule has 20 heavy (non-hydrogen) atoms. The summed E-state index contributed by atoms with van der Waals surface area (Å²) in [5.41, 5.74) is 1.86. The standard InChI is InChI=1S/C16H17NO2S/c1-16(11-12-16)17-20(18,19)15-9-7-14(8-10-15)13-5-3-2-4-6-13/h2-10,17H,11-12H2,1H3. The average molecular weight is 287 g/mol. The minimum atomic E-state index is -3.40. The number of benzene rings is 2. The molecule has 3 nitrogen and oxygen atoms in total. The van der Waals surface area contributed by atoms with E-state index in [2.05, 4.69) is 4.72 Å². The van der Waals surface area contributed by atoms with Crippen molar-refractivity contribution in [3.63, 3.8) is 0 Å². The van der Waals surface area contributed by atoms with E-state index in [1.807, 2.05) is 49.4 Å². The Morgan fingerprint density at radius 3 is 2.00 bits per heavy atom. The monoisotopic (exact) mass is 287 g/mol. The highest BCUT2D eigenvalue weighted by Gasteiger charge is 2.41. The van der Waals surface area contributed by atoms with Crippen LogP contribution in [0.5, 0.6) is 0 Å². The summed E-state index contributed by atoms with van der Waals surface area (Å²) in [5.74, 6) is 0. The first kappa shape index (κ1) is 13.3. The summed E-state index contributed by atoms with van der Waals surface area (Å²) in [6, 6.07) is 16.9. The van der Waals surface area contributed by atoms with Crippen molar-refractivity contribution in [2.24, 2.45) is 0 Å². The third-order valence-corrected chi connectivity index (χ3v) is 5.31. The fraction of sp³-hybridized carbons (Fsp3) is 0.250. The molecule has 0 aromatic heterocycles. The highest BCUT2D eigenvalue weighted by atomic mass is 32.2. The van der Waals surface area contributed by atoms with Crippen LogP contribution in [0, 0.1) is 0 Å². The molecule has 2 aromatic carbocycles. The Kier molecular flexibility index (Phi) is 3.15. The second kappa shape index (κ2) is 4.72. The van der Waals surface area contributed by atoms with E-state index in [1.165, 1.54) is 0 Å². The van der Waals surface area contributed by atoms with Gasteiger partial charge in [-0.15, -0.1) is 0 Å². The molecular weight excluding hydrogens is 270 g/mol. The normalized spacial score (nSPS) is 16.9. The van der Waals surface area contributed by atoms with Gasteiger partial charge in [-0.2, -0.15) is 0 Å². The highest BCUT2D eigenvalue weighted by molar-refractivity contribution is 7.89. The van der Waals surface area contributed by atoms with Crippen LogP contribution in [0.2, 0.25) is 0 Å². The zero-order chi connectivity index (χ0) is 14.2. The van der Waals surface area contributed by atoms with Crippen molar-refractivity contribution in [3.8, 4) is 11.1 Å². The molecule has 2 aromatic rings. The summed E-state index contributed by atoms with van der Waals surface area (Å²) in [4.78, 5) is 0.324. The van der Waals surface area contributed by atoms with Crippen LogP contribution in [0.1, 0.15) is 19.8 Å². The van der Waals surface area contributed by atoms with Crippen molar-refractivity contribution in [2.75, 3.05) is 0 Å². The van der Waals surface area contributed by atoms with Crippen molar-refractivity contribution >= 4 is 10.0 Å². The summed E-state index contributed by atoms with van der Waals surface area (Å²) < 4.78 is 27.2. The molecule has 1 aliphatic rings. The Labute approximate surface area is 119 Å². The van der Waals surface area contributed by atoms with E-state index in [0.29, 0.717) is 4.90 Å². The summed E-state index contributed by atoms with van der Waals surface area (Å²) in [7, 11) is -3.40. The molecule has 1 N–H and O–H groups in total. The molecule has 0 radical (unpaired) electrons. The van der Waals surface area contributed by atoms with Gasteiger partial charge in [-0.25, -0.2) is 13.1 Å². The Balaban J connectivity index is 1.86. The Hall–Kier alpha value is -1.65. The maximum Gasteiger partial charge on any atom is 0.241 e. The van der Waals surface area contributed by atoms with Crippen molar-refractivity contribution in [1.82, 2.24) is 4.72 Å². The van der Waals surface area contributed by atoms with E-state index in [9.17, 15) is 8.42 Å². The molecule has 1 aliphatic carbocycles. The first-order chi connectivity index (χ1) is 9.49. The predicted molar refractivity (Wildman–Crippen MR) is 79.8 cm³/mol. The molecule has 104 valence electrons. The van der Waals surface area contributed by atoms with Gasteiger partial charge in [0.25, 0.3) is 0 Å². The summed E-state index contributed by atoms with van der Waals surface area (Å²) >= 11 is 0. The maximum absolute atomic E-state index is 12.2. The summed E-state index contributed by atoms with van der Waals surface area (Å²) in [6.45, 7) is 1.93. The lowest BCUT2D eigenvalue weighted by Crippen LogP contribution is -2.34. The molecule has 1 fully saturated rings. The van der Waals surface area contributed by atoms with Crippen LogP contribution in [-0.4, -0.2) is 14.0 Å². The number of nitrogens with one attached hydrogen (secondary N) is 1. The van der Waals surface area contributed by atoms with Gasteiger partial charge >= 0.3 is 0 Å². The minimum Gasteiger partial charge on any atom is -0.207 e. The maximum atomic E-state index is 12.2. The van der Waals surface area contributed by atoms with Gasteiger partial charge in [-0.05, 0) is 43.0 Å². The average Bonchev–Trinajstić information content (AvgIpc) is 3.16. The van der Waals surface area contributed by atoms with Gasteiger partial charge in [0.2, 0.25) is 10.0 Å². The molecule has 0 atom stereocenters. The van der Waals surface area contributed by atoms with Crippen LogP contribution in [0.25, 0.3) is 11.1 Å². The Morgan fingerprint density at radius 2 is 1.45 bits per heavy atom. The van der Waals surface area contributed by atoms with Crippen molar-refractivity contribution in [1.29, 1.82) is 0 Å². The molecule has 0 unspecified atom stereocenters. The lowest BCUT2D eigenvalue weighted by molar-refractivity contribution is 0.558. The van der Waals surface area contributed by atoms with Crippen LogP contribution >= 0.6 is 0 Å². The topological polar surface area (TPSA) is 46.2 Å². The van der Waals surface area contributed by atoms with Crippen LogP contribution in [0.3, 0.4) is 0 Å². The van der Waals surface area contributed by atoms with Crippen LogP contribution < -0.4 is 4.72 Å². The zero-order valence-corrected chi connectivity index (χ0v) is 12.2. The van der Waals surface area contributed by atoms with E-state index >= 15 is 0 Å². The van der Waals surface area contributed by atoms with E-state index in [1.54, 1.807) is 12.1 Å². The van der Waals surface area contributed by atoms with Gasteiger partial charge in [0.05, 0.1) is 4.90 Å². The first-order valence-electron chi connectivity index (χ1n) is 6.68. The van der Waals surface area contributed by atoms with Gasteiger partial charge in [0.1, 0.15) is 0 Å². The second-order valence-electron chi connectivity index (χ2n) is 5.56. The molecule has 0 bridgehead atoms. The van der Waals surface area contributed by atoms with Crippen LogP contribution in [0.15, 0.2) is 59.5 Å². The highest BCUT2D eigenvalue weighted by Crippen LogP contribution is 2.36. The number of hydrogen-bond acceptors (Lipinski definition) is 2. The third-order valence-electron chi connectivity index (χ3n) is 3.65. The van der Waals surface area contributed by atoms with Crippen LogP contribution in [0.4, 0.5) is 0 Å². The first-order valence-corrected chi connectivity index (χ1v) is 8.16. The molecule has 0 aliphatic heterocycles. The van der Waals surface area contributed by atoms with Gasteiger partial charge in [0, 0.05) is 5.54 Å². The summed E-state index contributed by atoms with van der Waals surface area (Å²) in [6.07, 6.45) is 1.82. The second-order valence-corrected chi connectivity index (χ2v) is 7.24. The molecule has 0 heterocycles. The van der Waals surface area contributed by atoms with Crippen molar-refractivity contribution < 1.29 is 8.42 Å². The molecule has 1 saturated carbocycles. The number of sulfonamides is 1. The van der Waals surface area contributed by atoms with Gasteiger partial charge in [0.15, 0.2) is 0 Å². The lowest BCUT2D eigenvalue weighted by Gasteiger charge is -2.12. The lowest BCUT2D eigenvalue weighted by atomic mass is 10.1. The van der Waals surface area contributed by atoms with Gasteiger partial charge < -0.3 is 0 Å². The fourth-order valence-electron chi connectivity index (χ4n) is 2.13. The molecule has 0 saturated heterocycles. The fourth-order valence-corrected chi connectivity index (χ4v) is 3.60. The molecule has 4 heteroatoms. The number of rotatable bonds is 4. The van der Waals surface area contributed by atoms with Gasteiger partial charge in [-0.1, -0.05) is 42.5 Å². The number of hydrogen-bond donors (Lipinski definition) is 1. The van der Waals surface area contributed by atoms with E-state index in [4.69, 9.17) is 0 Å². The summed E-state index contributed by atoms with van der Waals surface area (Å²) in [5, 5.41) is 0. The van der Waals surface area contributed by atoms with E-state index < -0.39 is 10.0 Å². The smallest absolute Gasteiger partial charge is 0.207 e. The van der Waals surface area contributed by atoms with E-state index in [-0.39, 0.29) is 5.54 Å². The molecular formula is C16H17NO2S. The zero-order valence-electron chi connectivity index (χ0n) is 11.3.